The number of nitrogens with zero attached hydrogens (tertiary/aromatic N) is 2. The minimum atomic E-state index is -4.33. The summed E-state index contributed by atoms with van der Waals surface area (Å²) in [6, 6.07) is 4.89. The molecule has 0 saturated heterocycles. The van der Waals surface area contributed by atoms with Gasteiger partial charge in [-0.1, -0.05) is 23.7 Å². The zero-order valence-corrected chi connectivity index (χ0v) is 11.8. The molecular weight excluding hydrogens is 305 g/mol. The maximum Gasteiger partial charge on any atom is 0.416 e. The van der Waals surface area contributed by atoms with Crippen molar-refractivity contribution < 1.29 is 13.2 Å². The summed E-state index contributed by atoms with van der Waals surface area (Å²) in [6.07, 6.45) is -2.89. The number of anilines is 2. The minimum absolute atomic E-state index is 0.304. The highest BCUT2D eigenvalue weighted by atomic mass is 35.5. The lowest BCUT2D eigenvalue weighted by atomic mass is 10.1. The number of halogens is 4. The number of hydrogen-bond donors (Lipinski definition) is 2. The molecule has 0 aliphatic carbocycles. The number of nitrogens with one attached hydrogen (secondary N) is 2. The fourth-order valence-corrected chi connectivity index (χ4v) is 1.77. The molecule has 112 valence electrons. The molecule has 1 heterocycles. The molecule has 0 fully saturated rings. The Bertz CT molecular complexity index is 614. The van der Waals surface area contributed by atoms with E-state index in [2.05, 4.69) is 20.6 Å². The first-order valence-electron chi connectivity index (χ1n) is 6.00. The second-order valence-electron chi connectivity index (χ2n) is 4.19. The molecule has 0 saturated carbocycles. The van der Waals surface area contributed by atoms with E-state index in [-0.39, 0.29) is 0 Å². The lowest BCUT2D eigenvalue weighted by molar-refractivity contribution is -0.137. The van der Waals surface area contributed by atoms with E-state index < -0.39 is 11.7 Å². The number of rotatable bonds is 4. The van der Waals surface area contributed by atoms with E-state index in [4.69, 9.17) is 11.6 Å². The van der Waals surface area contributed by atoms with Crippen LogP contribution in [0.4, 0.5) is 24.9 Å². The van der Waals surface area contributed by atoms with Gasteiger partial charge in [-0.25, -0.2) is 4.98 Å². The first-order valence-corrected chi connectivity index (χ1v) is 6.38. The van der Waals surface area contributed by atoms with Crippen molar-refractivity contribution in [3.05, 3.63) is 46.6 Å². The van der Waals surface area contributed by atoms with Gasteiger partial charge in [0.05, 0.1) is 11.8 Å². The Balaban J connectivity index is 2.06. The molecule has 0 unspecified atom stereocenters. The molecule has 1 aromatic heterocycles. The topological polar surface area (TPSA) is 49.8 Å². The Labute approximate surface area is 124 Å². The number of benzene rings is 1. The standard InChI is InChI=1S/C13H12ClF3N4/c1-18-12-20-7-10(14)11(21-12)19-6-8-2-4-9(5-3-8)13(15,16)17/h2-5,7H,6H2,1H3,(H2,18,19,20,21). The predicted octanol–water partition coefficient (Wildman–Crippen LogP) is 3.80. The van der Waals surface area contributed by atoms with Crippen LogP contribution in [0.3, 0.4) is 0 Å². The van der Waals surface area contributed by atoms with E-state index in [1.165, 1.54) is 18.3 Å². The van der Waals surface area contributed by atoms with E-state index in [1.807, 2.05) is 0 Å². The summed E-state index contributed by atoms with van der Waals surface area (Å²) < 4.78 is 37.3. The van der Waals surface area contributed by atoms with Crippen molar-refractivity contribution >= 4 is 23.4 Å². The molecule has 0 atom stereocenters. The summed E-state index contributed by atoms with van der Waals surface area (Å²) in [4.78, 5) is 8.05. The van der Waals surface area contributed by atoms with E-state index in [1.54, 1.807) is 7.05 Å². The average Bonchev–Trinajstić information content (AvgIpc) is 2.46. The zero-order chi connectivity index (χ0) is 15.5. The fourth-order valence-electron chi connectivity index (χ4n) is 1.61. The molecule has 0 bridgehead atoms. The van der Waals surface area contributed by atoms with Crippen LogP contribution in [0, 0.1) is 0 Å². The van der Waals surface area contributed by atoms with Gasteiger partial charge in [-0.3, -0.25) is 0 Å². The van der Waals surface area contributed by atoms with Crippen molar-refractivity contribution in [2.24, 2.45) is 0 Å². The highest BCUT2D eigenvalue weighted by molar-refractivity contribution is 6.32. The first-order chi connectivity index (χ1) is 9.90. The third-order valence-electron chi connectivity index (χ3n) is 2.71. The van der Waals surface area contributed by atoms with Crippen LogP contribution in [0.25, 0.3) is 0 Å². The van der Waals surface area contributed by atoms with Crippen molar-refractivity contribution in [3.63, 3.8) is 0 Å². The van der Waals surface area contributed by atoms with Crippen LogP contribution in [-0.4, -0.2) is 17.0 Å². The molecule has 8 heteroatoms. The van der Waals surface area contributed by atoms with Gasteiger partial charge < -0.3 is 10.6 Å². The largest absolute Gasteiger partial charge is 0.416 e. The van der Waals surface area contributed by atoms with Gasteiger partial charge in [0.1, 0.15) is 5.02 Å². The lowest BCUT2D eigenvalue weighted by Crippen LogP contribution is -2.07. The second kappa shape index (κ2) is 6.17. The van der Waals surface area contributed by atoms with Crippen LogP contribution in [-0.2, 0) is 12.7 Å². The van der Waals surface area contributed by atoms with Crippen molar-refractivity contribution in [1.29, 1.82) is 0 Å². The van der Waals surface area contributed by atoms with E-state index in [0.29, 0.717) is 28.9 Å². The maximum atomic E-state index is 12.4. The lowest BCUT2D eigenvalue weighted by Gasteiger charge is -2.10. The molecule has 2 aromatic rings. The van der Waals surface area contributed by atoms with Gasteiger partial charge in [0.25, 0.3) is 0 Å². The Hall–Kier alpha value is -2.02. The molecule has 0 aliphatic rings. The van der Waals surface area contributed by atoms with Crippen molar-refractivity contribution in [1.82, 2.24) is 9.97 Å². The highest BCUT2D eigenvalue weighted by Crippen LogP contribution is 2.29. The molecule has 2 N–H and O–H groups in total. The Morgan fingerprint density at radius 2 is 1.86 bits per heavy atom. The Morgan fingerprint density at radius 3 is 2.43 bits per heavy atom. The van der Waals surface area contributed by atoms with Crippen molar-refractivity contribution in [3.8, 4) is 0 Å². The molecule has 2 rings (SSSR count). The summed E-state index contributed by atoms with van der Waals surface area (Å²) in [5, 5.41) is 6.06. The fraction of sp³-hybridized carbons (Fsp3) is 0.231. The smallest absolute Gasteiger partial charge is 0.365 e. The number of alkyl halides is 3. The first kappa shape index (κ1) is 15.4. The van der Waals surface area contributed by atoms with Gasteiger partial charge in [-0.2, -0.15) is 18.2 Å². The van der Waals surface area contributed by atoms with Gasteiger partial charge in [-0.05, 0) is 17.7 Å². The molecule has 0 spiro atoms. The average molecular weight is 317 g/mol. The van der Waals surface area contributed by atoms with Crippen LogP contribution in [0.5, 0.6) is 0 Å². The van der Waals surface area contributed by atoms with Gasteiger partial charge in [-0.15, -0.1) is 0 Å². The van der Waals surface area contributed by atoms with Gasteiger partial charge in [0.15, 0.2) is 5.82 Å². The molecular formula is C13H12ClF3N4. The summed E-state index contributed by atoms with van der Waals surface area (Å²) in [7, 11) is 1.67. The van der Waals surface area contributed by atoms with Gasteiger partial charge in [0.2, 0.25) is 5.95 Å². The van der Waals surface area contributed by atoms with Crippen LogP contribution < -0.4 is 10.6 Å². The third-order valence-corrected chi connectivity index (χ3v) is 2.99. The maximum absolute atomic E-state index is 12.4. The van der Waals surface area contributed by atoms with Gasteiger partial charge in [0, 0.05) is 13.6 Å². The quantitative estimate of drug-likeness (QED) is 0.900. The monoisotopic (exact) mass is 316 g/mol. The SMILES string of the molecule is CNc1ncc(Cl)c(NCc2ccc(C(F)(F)F)cc2)n1. The van der Waals surface area contributed by atoms with Crippen molar-refractivity contribution in [2.45, 2.75) is 12.7 Å². The zero-order valence-electron chi connectivity index (χ0n) is 11.0. The van der Waals surface area contributed by atoms with Crippen LogP contribution >= 0.6 is 11.6 Å². The van der Waals surface area contributed by atoms with E-state index in [9.17, 15) is 13.2 Å². The third kappa shape index (κ3) is 3.98. The summed E-state index contributed by atoms with van der Waals surface area (Å²) >= 11 is 5.94. The minimum Gasteiger partial charge on any atom is -0.365 e. The molecule has 0 amide bonds. The van der Waals surface area contributed by atoms with Crippen LogP contribution in [0.15, 0.2) is 30.5 Å². The predicted molar refractivity (Wildman–Crippen MR) is 75.4 cm³/mol. The second-order valence-corrected chi connectivity index (χ2v) is 4.60. The highest BCUT2D eigenvalue weighted by Gasteiger charge is 2.29. The number of hydrogen-bond acceptors (Lipinski definition) is 4. The Morgan fingerprint density at radius 1 is 1.19 bits per heavy atom. The molecule has 0 aliphatic heterocycles. The van der Waals surface area contributed by atoms with Crippen molar-refractivity contribution in [2.75, 3.05) is 17.7 Å². The molecule has 1 aromatic carbocycles. The Kier molecular flexibility index (Phi) is 4.52. The molecule has 0 radical (unpaired) electrons. The van der Waals surface area contributed by atoms with E-state index in [0.717, 1.165) is 12.1 Å². The van der Waals surface area contributed by atoms with Crippen LogP contribution in [0.2, 0.25) is 5.02 Å². The molecule has 4 nitrogen and oxygen atoms in total. The summed E-state index contributed by atoms with van der Waals surface area (Å²) in [5.41, 5.74) is 0.00692. The number of aromatic nitrogens is 2. The molecule has 21 heavy (non-hydrogen) atoms. The summed E-state index contributed by atoms with van der Waals surface area (Å²) in [5.74, 6) is 0.810. The normalized spacial score (nSPS) is 11.3. The van der Waals surface area contributed by atoms with Gasteiger partial charge >= 0.3 is 6.18 Å². The van der Waals surface area contributed by atoms with E-state index >= 15 is 0 Å². The summed E-state index contributed by atoms with van der Waals surface area (Å²) in [6.45, 7) is 0.304. The van der Waals surface area contributed by atoms with Crippen LogP contribution in [0.1, 0.15) is 11.1 Å².